The second-order valence-electron chi connectivity index (χ2n) is 6.85. The summed E-state index contributed by atoms with van der Waals surface area (Å²) in [5, 5.41) is 11.7. The average Bonchev–Trinajstić information content (AvgIpc) is 2.96. The molecule has 0 bridgehead atoms. The number of amides is 3. The highest BCUT2D eigenvalue weighted by molar-refractivity contribution is 6.42. The number of carboxylic acids is 1. The molecule has 0 saturated carbocycles. The predicted octanol–water partition coefficient (Wildman–Crippen LogP) is 0.960. The van der Waals surface area contributed by atoms with Gasteiger partial charge in [0.25, 0.3) is 5.91 Å². The van der Waals surface area contributed by atoms with E-state index in [2.05, 4.69) is 5.32 Å². The van der Waals surface area contributed by atoms with Gasteiger partial charge in [-0.3, -0.25) is 24.0 Å². The molecule has 0 spiro atoms. The van der Waals surface area contributed by atoms with Crippen molar-refractivity contribution in [3.63, 3.8) is 0 Å². The van der Waals surface area contributed by atoms with Crippen LogP contribution < -0.4 is 5.32 Å². The summed E-state index contributed by atoms with van der Waals surface area (Å²) in [5.41, 5.74) is 0.715. The normalized spacial score (nSPS) is 16.0. The SMILES string of the molecule is CN(Cc1ccc(Cl)c(Cl)c1)C(=O)C1CN(CCC(=O)NCCC(=O)O)C(=O)C1=O. The fourth-order valence-corrected chi connectivity index (χ4v) is 3.28. The molecule has 1 aromatic rings. The van der Waals surface area contributed by atoms with E-state index in [0.29, 0.717) is 15.6 Å². The van der Waals surface area contributed by atoms with Crippen LogP contribution in [0.25, 0.3) is 0 Å². The maximum atomic E-state index is 12.7. The highest BCUT2D eigenvalue weighted by atomic mass is 35.5. The number of Topliss-reactive ketones (excluding diaryl/α,β-unsaturated/α-hetero) is 1. The highest BCUT2D eigenvalue weighted by Gasteiger charge is 2.44. The van der Waals surface area contributed by atoms with E-state index in [0.717, 1.165) is 4.90 Å². The molecule has 11 heteroatoms. The van der Waals surface area contributed by atoms with Crippen LogP contribution in [0.1, 0.15) is 18.4 Å². The van der Waals surface area contributed by atoms with Crippen molar-refractivity contribution in [2.24, 2.45) is 5.92 Å². The fraction of sp³-hybridized carbons (Fsp3) is 0.421. The Morgan fingerprint density at radius 2 is 1.90 bits per heavy atom. The summed E-state index contributed by atoms with van der Waals surface area (Å²) in [7, 11) is 1.52. The van der Waals surface area contributed by atoms with Gasteiger partial charge in [0, 0.05) is 39.6 Å². The van der Waals surface area contributed by atoms with E-state index in [1.165, 1.54) is 11.9 Å². The van der Waals surface area contributed by atoms with Crippen LogP contribution in [-0.2, 0) is 30.5 Å². The molecule has 30 heavy (non-hydrogen) atoms. The van der Waals surface area contributed by atoms with Crippen LogP contribution in [0.15, 0.2) is 18.2 Å². The summed E-state index contributed by atoms with van der Waals surface area (Å²) in [5.74, 6) is -4.75. The molecule has 1 atom stereocenters. The Balaban J connectivity index is 1.90. The van der Waals surface area contributed by atoms with Crippen LogP contribution in [0, 0.1) is 5.92 Å². The summed E-state index contributed by atoms with van der Waals surface area (Å²) in [6.45, 7) is 0.00965. The lowest BCUT2D eigenvalue weighted by atomic mass is 10.1. The second-order valence-corrected chi connectivity index (χ2v) is 7.67. The quantitative estimate of drug-likeness (QED) is 0.420. The van der Waals surface area contributed by atoms with Gasteiger partial charge in [-0.25, -0.2) is 0 Å². The maximum absolute atomic E-state index is 12.7. The first-order chi connectivity index (χ1) is 14.1. The van der Waals surface area contributed by atoms with Crippen molar-refractivity contribution in [2.45, 2.75) is 19.4 Å². The van der Waals surface area contributed by atoms with Gasteiger partial charge in [0.2, 0.25) is 17.6 Å². The van der Waals surface area contributed by atoms with E-state index in [-0.39, 0.29) is 39.0 Å². The number of nitrogens with one attached hydrogen (secondary N) is 1. The summed E-state index contributed by atoms with van der Waals surface area (Å²) < 4.78 is 0. The summed E-state index contributed by atoms with van der Waals surface area (Å²) in [6, 6.07) is 4.92. The van der Waals surface area contributed by atoms with Gasteiger partial charge in [-0.15, -0.1) is 0 Å². The molecule has 1 saturated heterocycles. The topological polar surface area (TPSA) is 124 Å². The van der Waals surface area contributed by atoms with E-state index in [1.807, 2.05) is 0 Å². The van der Waals surface area contributed by atoms with Crippen molar-refractivity contribution < 1.29 is 29.1 Å². The number of halogens is 2. The van der Waals surface area contributed by atoms with Crippen LogP contribution in [-0.4, -0.2) is 71.1 Å². The van der Waals surface area contributed by atoms with Crippen molar-refractivity contribution >= 4 is 52.7 Å². The van der Waals surface area contributed by atoms with Crippen molar-refractivity contribution in [1.82, 2.24) is 15.1 Å². The Hall–Kier alpha value is -2.65. The van der Waals surface area contributed by atoms with Crippen LogP contribution in [0.5, 0.6) is 0 Å². The first kappa shape index (κ1) is 23.6. The molecular formula is C19H21Cl2N3O6. The van der Waals surface area contributed by atoms with Crippen LogP contribution in [0.3, 0.4) is 0 Å². The van der Waals surface area contributed by atoms with Gasteiger partial charge in [-0.2, -0.15) is 0 Å². The van der Waals surface area contributed by atoms with Gasteiger partial charge in [0.15, 0.2) is 0 Å². The van der Waals surface area contributed by atoms with Crippen LogP contribution in [0.4, 0.5) is 0 Å². The fourth-order valence-electron chi connectivity index (χ4n) is 2.96. The van der Waals surface area contributed by atoms with Crippen LogP contribution >= 0.6 is 23.2 Å². The average molecular weight is 458 g/mol. The second kappa shape index (κ2) is 10.4. The Morgan fingerprint density at radius 3 is 2.53 bits per heavy atom. The van der Waals surface area contributed by atoms with E-state index in [1.54, 1.807) is 18.2 Å². The number of rotatable bonds is 9. The minimum atomic E-state index is -1.14. The van der Waals surface area contributed by atoms with Crippen molar-refractivity contribution in [1.29, 1.82) is 0 Å². The lowest BCUT2D eigenvalue weighted by Crippen LogP contribution is -2.37. The molecular weight excluding hydrogens is 437 g/mol. The number of carboxylic acid groups (broad SMARTS) is 1. The zero-order valence-electron chi connectivity index (χ0n) is 16.2. The van der Waals surface area contributed by atoms with Gasteiger partial charge < -0.3 is 20.2 Å². The molecule has 0 radical (unpaired) electrons. The van der Waals surface area contributed by atoms with E-state index in [4.69, 9.17) is 28.3 Å². The lowest BCUT2D eigenvalue weighted by Gasteiger charge is -2.21. The first-order valence-corrected chi connectivity index (χ1v) is 9.86. The number of hydrogen-bond donors (Lipinski definition) is 2. The number of nitrogens with zero attached hydrogens (tertiary/aromatic N) is 2. The molecule has 9 nitrogen and oxygen atoms in total. The molecule has 2 N–H and O–H groups in total. The molecule has 2 rings (SSSR count). The molecule has 3 amide bonds. The number of likely N-dealkylation sites (tertiary alicyclic amines) is 1. The number of benzene rings is 1. The number of carbonyl (C=O) groups excluding carboxylic acids is 4. The minimum Gasteiger partial charge on any atom is -0.481 e. The van der Waals surface area contributed by atoms with E-state index >= 15 is 0 Å². The molecule has 1 aromatic carbocycles. The number of carbonyl (C=O) groups is 5. The van der Waals surface area contributed by atoms with E-state index in [9.17, 15) is 24.0 Å². The summed E-state index contributed by atoms with van der Waals surface area (Å²) in [6.07, 6.45) is -0.312. The Labute approximate surface area is 182 Å². The van der Waals surface area contributed by atoms with Crippen molar-refractivity contribution in [3.8, 4) is 0 Å². The maximum Gasteiger partial charge on any atom is 0.305 e. The minimum absolute atomic E-state index is 0.0261. The molecule has 1 aliphatic heterocycles. The standard InChI is InChI=1S/C19H21Cl2N3O6/c1-23(9-11-2-3-13(20)14(21)8-11)18(29)12-10-24(19(30)17(12)28)7-5-15(25)22-6-4-16(26)27/h2-3,8,12H,4-7,9-10H2,1H3,(H,22,25)(H,26,27). The highest BCUT2D eigenvalue weighted by Crippen LogP contribution is 2.24. The third kappa shape index (κ3) is 6.17. The zero-order valence-corrected chi connectivity index (χ0v) is 17.7. The Morgan fingerprint density at radius 1 is 1.20 bits per heavy atom. The van der Waals surface area contributed by atoms with Gasteiger partial charge in [-0.1, -0.05) is 29.3 Å². The number of hydrogen-bond acceptors (Lipinski definition) is 5. The Bertz CT molecular complexity index is 876. The molecule has 1 heterocycles. The molecule has 0 aromatic heterocycles. The largest absolute Gasteiger partial charge is 0.481 e. The third-order valence-corrected chi connectivity index (χ3v) is 5.30. The Kier molecular flexibility index (Phi) is 8.19. The summed E-state index contributed by atoms with van der Waals surface area (Å²) >= 11 is 11.8. The molecule has 1 unspecified atom stereocenters. The smallest absolute Gasteiger partial charge is 0.305 e. The first-order valence-electron chi connectivity index (χ1n) is 9.10. The van der Waals surface area contributed by atoms with Gasteiger partial charge in [0.1, 0.15) is 5.92 Å². The predicted molar refractivity (Wildman–Crippen MR) is 108 cm³/mol. The van der Waals surface area contributed by atoms with Crippen molar-refractivity contribution in [3.05, 3.63) is 33.8 Å². The van der Waals surface area contributed by atoms with Gasteiger partial charge in [0.05, 0.1) is 16.5 Å². The zero-order chi connectivity index (χ0) is 22.4. The van der Waals surface area contributed by atoms with Gasteiger partial charge >= 0.3 is 5.97 Å². The molecule has 162 valence electrons. The third-order valence-electron chi connectivity index (χ3n) is 4.57. The molecule has 0 aliphatic carbocycles. The monoisotopic (exact) mass is 457 g/mol. The van der Waals surface area contributed by atoms with Crippen molar-refractivity contribution in [2.75, 3.05) is 26.7 Å². The molecule has 1 aliphatic rings. The summed E-state index contributed by atoms with van der Waals surface area (Å²) in [4.78, 5) is 61.8. The number of ketones is 1. The molecule has 1 fully saturated rings. The van der Waals surface area contributed by atoms with Gasteiger partial charge in [-0.05, 0) is 17.7 Å². The lowest BCUT2D eigenvalue weighted by molar-refractivity contribution is -0.144. The van der Waals surface area contributed by atoms with E-state index < -0.39 is 35.4 Å². The number of aliphatic carboxylic acids is 1. The van der Waals surface area contributed by atoms with Crippen LogP contribution in [0.2, 0.25) is 10.0 Å².